The molecular formula is C12H13FN2O4. The average molecular weight is 268 g/mol. The van der Waals surface area contributed by atoms with E-state index in [1.54, 1.807) is 6.07 Å². The van der Waals surface area contributed by atoms with Gasteiger partial charge in [-0.15, -0.1) is 0 Å². The van der Waals surface area contributed by atoms with Crippen LogP contribution in [0.1, 0.15) is 41.4 Å². The molecule has 1 amide bonds. The molecule has 1 aliphatic heterocycles. The van der Waals surface area contributed by atoms with Crippen molar-refractivity contribution >= 4 is 11.9 Å². The summed E-state index contributed by atoms with van der Waals surface area (Å²) >= 11 is 0. The number of aliphatic carboxylic acids is 1. The third-order valence-corrected chi connectivity index (χ3v) is 3.62. The lowest BCUT2D eigenvalue weighted by molar-refractivity contribution is -0.149. The van der Waals surface area contributed by atoms with Crippen LogP contribution in [-0.4, -0.2) is 45.8 Å². The monoisotopic (exact) mass is 268 g/mol. The van der Waals surface area contributed by atoms with Crippen LogP contribution in [-0.2, 0) is 4.79 Å². The van der Waals surface area contributed by atoms with Gasteiger partial charge in [-0.1, -0.05) is 5.16 Å². The fraction of sp³-hybridized carbons (Fsp3) is 0.583. The summed E-state index contributed by atoms with van der Waals surface area (Å²) < 4.78 is 18.9. The van der Waals surface area contributed by atoms with Crippen LogP contribution in [0.3, 0.4) is 0 Å². The number of nitrogens with zero attached hydrogens (tertiary/aromatic N) is 2. The second-order valence-electron chi connectivity index (χ2n) is 5.14. The summed E-state index contributed by atoms with van der Waals surface area (Å²) in [7, 11) is 0. The number of carboxylic acids is 1. The normalized spacial score (nSPS) is 26.7. The second-order valence-corrected chi connectivity index (χ2v) is 5.14. The number of hydrogen-bond acceptors (Lipinski definition) is 4. The van der Waals surface area contributed by atoms with Gasteiger partial charge >= 0.3 is 5.97 Å². The number of aromatic nitrogens is 1. The van der Waals surface area contributed by atoms with Crippen LogP contribution < -0.4 is 0 Å². The Labute approximate surface area is 108 Å². The minimum Gasteiger partial charge on any atom is -0.479 e. The summed E-state index contributed by atoms with van der Waals surface area (Å²) in [4.78, 5) is 24.0. The molecule has 19 heavy (non-hydrogen) atoms. The summed E-state index contributed by atoms with van der Waals surface area (Å²) in [6, 6.07) is 1.57. The Bertz CT molecular complexity index is 540. The summed E-state index contributed by atoms with van der Waals surface area (Å²) in [5.74, 6) is -0.989. The molecule has 1 unspecified atom stereocenters. The minimum absolute atomic E-state index is 0.0766. The van der Waals surface area contributed by atoms with Crippen molar-refractivity contribution in [3.05, 3.63) is 17.5 Å². The molecule has 2 aliphatic rings. The quantitative estimate of drug-likeness (QED) is 0.890. The van der Waals surface area contributed by atoms with Crippen LogP contribution in [0.4, 0.5) is 4.39 Å². The fourth-order valence-electron chi connectivity index (χ4n) is 2.23. The van der Waals surface area contributed by atoms with Crippen LogP contribution in [0.2, 0.25) is 0 Å². The van der Waals surface area contributed by atoms with Crippen LogP contribution in [0, 0.1) is 0 Å². The summed E-state index contributed by atoms with van der Waals surface area (Å²) in [5, 5.41) is 12.5. The first kappa shape index (κ1) is 12.1. The molecule has 2 fully saturated rings. The maximum absolute atomic E-state index is 13.9. The van der Waals surface area contributed by atoms with Crippen molar-refractivity contribution in [2.45, 2.75) is 30.8 Å². The lowest BCUT2D eigenvalue weighted by atomic mass is 10.1. The van der Waals surface area contributed by atoms with Gasteiger partial charge in [0, 0.05) is 24.9 Å². The first-order chi connectivity index (χ1) is 8.99. The number of amides is 1. The fourth-order valence-corrected chi connectivity index (χ4v) is 2.23. The van der Waals surface area contributed by atoms with E-state index in [2.05, 4.69) is 5.16 Å². The molecule has 2 heterocycles. The largest absolute Gasteiger partial charge is 0.479 e. The van der Waals surface area contributed by atoms with Crippen LogP contribution in [0.15, 0.2) is 10.6 Å². The van der Waals surface area contributed by atoms with Gasteiger partial charge in [-0.2, -0.15) is 0 Å². The number of carbonyl (C=O) groups is 2. The van der Waals surface area contributed by atoms with Gasteiger partial charge < -0.3 is 14.5 Å². The molecule has 1 N–H and O–H groups in total. The first-order valence-corrected chi connectivity index (χ1v) is 6.18. The molecule has 1 saturated heterocycles. The van der Waals surface area contributed by atoms with Crippen molar-refractivity contribution < 1.29 is 23.6 Å². The summed E-state index contributed by atoms with van der Waals surface area (Å²) in [6.07, 6.45) is 1.86. The highest BCUT2D eigenvalue weighted by atomic mass is 19.1. The van der Waals surface area contributed by atoms with Gasteiger partial charge in [0.05, 0.1) is 6.54 Å². The predicted octanol–water partition coefficient (Wildman–Crippen LogP) is 1.19. The van der Waals surface area contributed by atoms with E-state index in [1.165, 1.54) is 4.90 Å². The van der Waals surface area contributed by atoms with Gasteiger partial charge in [-0.25, -0.2) is 9.18 Å². The number of alkyl halides is 1. The third kappa shape index (κ3) is 2.09. The number of hydrogen-bond donors (Lipinski definition) is 1. The van der Waals surface area contributed by atoms with E-state index in [1.807, 2.05) is 0 Å². The molecule has 3 rings (SSSR count). The summed E-state index contributed by atoms with van der Waals surface area (Å²) in [5.41, 5.74) is -2.23. The number of rotatable bonds is 3. The Kier molecular flexibility index (Phi) is 2.58. The number of halogens is 1. The van der Waals surface area contributed by atoms with Crippen molar-refractivity contribution in [3.8, 4) is 0 Å². The van der Waals surface area contributed by atoms with Gasteiger partial charge in [0.25, 0.3) is 5.91 Å². The maximum Gasteiger partial charge on any atom is 0.343 e. The van der Waals surface area contributed by atoms with Gasteiger partial charge in [-0.05, 0) is 12.8 Å². The van der Waals surface area contributed by atoms with Crippen molar-refractivity contribution in [1.82, 2.24) is 10.1 Å². The van der Waals surface area contributed by atoms with Crippen molar-refractivity contribution in [3.63, 3.8) is 0 Å². The molecule has 0 aromatic carbocycles. The Hall–Kier alpha value is -1.92. The maximum atomic E-state index is 13.9. The zero-order valence-electron chi connectivity index (χ0n) is 10.1. The second kappa shape index (κ2) is 4.04. The van der Waals surface area contributed by atoms with E-state index in [0.717, 1.165) is 12.8 Å². The number of carbonyl (C=O) groups excluding carboxylic acids is 1. The highest BCUT2D eigenvalue weighted by Gasteiger charge is 2.47. The van der Waals surface area contributed by atoms with E-state index >= 15 is 0 Å². The van der Waals surface area contributed by atoms with E-state index in [9.17, 15) is 14.0 Å². The topological polar surface area (TPSA) is 83.6 Å². The Balaban J connectivity index is 1.72. The standard InChI is InChI=1S/C12H13FN2O4/c13-12(11(17)18)3-4-15(6-12)10(16)8-5-9(19-14-8)7-1-2-7/h5,7H,1-4,6H2,(H,17,18). The van der Waals surface area contributed by atoms with Gasteiger partial charge in [0.1, 0.15) is 5.76 Å². The number of likely N-dealkylation sites (tertiary alicyclic amines) is 1. The molecule has 1 aliphatic carbocycles. The molecule has 0 radical (unpaired) electrons. The van der Waals surface area contributed by atoms with E-state index in [0.29, 0.717) is 11.7 Å². The zero-order chi connectivity index (χ0) is 13.6. The molecule has 1 aromatic heterocycles. The zero-order valence-corrected chi connectivity index (χ0v) is 10.1. The highest BCUT2D eigenvalue weighted by Crippen LogP contribution is 2.40. The highest BCUT2D eigenvalue weighted by molar-refractivity contribution is 5.93. The molecule has 1 atom stereocenters. The van der Waals surface area contributed by atoms with Crippen molar-refractivity contribution in [2.75, 3.05) is 13.1 Å². The summed E-state index contributed by atoms with van der Waals surface area (Å²) in [6.45, 7) is -0.361. The lowest BCUT2D eigenvalue weighted by Crippen LogP contribution is -2.39. The van der Waals surface area contributed by atoms with Crippen molar-refractivity contribution in [1.29, 1.82) is 0 Å². The molecular weight excluding hydrogens is 255 g/mol. The van der Waals surface area contributed by atoms with Crippen LogP contribution in [0.5, 0.6) is 0 Å². The molecule has 6 nitrogen and oxygen atoms in total. The molecule has 1 saturated carbocycles. The lowest BCUT2D eigenvalue weighted by Gasteiger charge is -2.16. The van der Waals surface area contributed by atoms with Crippen LogP contribution in [0.25, 0.3) is 0 Å². The van der Waals surface area contributed by atoms with E-state index in [-0.39, 0.29) is 18.7 Å². The first-order valence-electron chi connectivity index (χ1n) is 6.18. The van der Waals surface area contributed by atoms with Crippen molar-refractivity contribution in [2.24, 2.45) is 0 Å². The smallest absolute Gasteiger partial charge is 0.343 e. The molecule has 0 bridgehead atoms. The predicted molar refractivity (Wildman–Crippen MR) is 60.5 cm³/mol. The number of carboxylic acid groups (broad SMARTS) is 1. The Morgan fingerprint density at radius 3 is 2.84 bits per heavy atom. The Morgan fingerprint density at radius 1 is 1.53 bits per heavy atom. The van der Waals surface area contributed by atoms with E-state index in [4.69, 9.17) is 9.63 Å². The molecule has 102 valence electrons. The average Bonchev–Trinajstić information content (AvgIpc) is 2.97. The SMILES string of the molecule is O=C(c1cc(C2CC2)on1)N1CCC(F)(C(=O)O)C1. The third-order valence-electron chi connectivity index (χ3n) is 3.62. The van der Waals surface area contributed by atoms with Crippen LogP contribution >= 0.6 is 0 Å². The van der Waals surface area contributed by atoms with Gasteiger partial charge in [0.15, 0.2) is 5.69 Å². The molecule has 1 aromatic rings. The minimum atomic E-state index is -2.35. The molecule has 7 heteroatoms. The van der Waals surface area contributed by atoms with E-state index < -0.39 is 24.1 Å². The Morgan fingerprint density at radius 2 is 2.26 bits per heavy atom. The van der Waals surface area contributed by atoms with Gasteiger partial charge in [0.2, 0.25) is 5.67 Å². The molecule has 0 spiro atoms. The van der Waals surface area contributed by atoms with Gasteiger partial charge in [-0.3, -0.25) is 4.79 Å².